The first kappa shape index (κ1) is 23.4. The highest BCUT2D eigenvalue weighted by atomic mass is 127. The van der Waals surface area contributed by atoms with E-state index in [2.05, 4.69) is 46.6 Å². The van der Waals surface area contributed by atoms with Gasteiger partial charge in [0.05, 0.1) is 0 Å². The maximum Gasteiger partial charge on any atom is 0.219 e. The lowest BCUT2D eigenvalue weighted by Crippen LogP contribution is -2.53. The van der Waals surface area contributed by atoms with Gasteiger partial charge in [-0.25, -0.2) is 0 Å². The lowest BCUT2D eigenvalue weighted by Gasteiger charge is -2.39. The van der Waals surface area contributed by atoms with Gasteiger partial charge in [0.15, 0.2) is 5.96 Å². The van der Waals surface area contributed by atoms with Crippen molar-refractivity contribution in [2.45, 2.75) is 32.7 Å². The number of aliphatic imine (C=N–C) groups is 1. The molecule has 1 amide bonds. The van der Waals surface area contributed by atoms with Gasteiger partial charge in [-0.1, -0.05) is 6.07 Å². The smallest absolute Gasteiger partial charge is 0.219 e. The number of halogens is 1. The second-order valence-electron chi connectivity index (χ2n) is 7.53. The van der Waals surface area contributed by atoms with Crippen LogP contribution in [0.2, 0.25) is 0 Å². The van der Waals surface area contributed by atoms with Crippen molar-refractivity contribution in [2.75, 3.05) is 52.9 Å². The number of hydrogen-bond donors (Lipinski definition) is 1. The first-order valence-electron chi connectivity index (χ1n) is 10.1. The molecular formula is C20H34IN5OS. The fraction of sp³-hybridized carbons (Fsp3) is 0.700. The quantitative estimate of drug-likeness (QED) is 0.378. The van der Waals surface area contributed by atoms with Gasteiger partial charge in [-0.3, -0.25) is 14.7 Å². The molecule has 3 heterocycles. The molecule has 8 heteroatoms. The molecule has 0 radical (unpaired) electrons. The molecule has 2 saturated heterocycles. The minimum atomic E-state index is 0. The van der Waals surface area contributed by atoms with Crippen molar-refractivity contribution in [1.82, 2.24) is 20.0 Å². The first-order valence-corrected chi connectivity index (χ1v) is 11.0. The van der Waals surface area contributed by atoms with Crippen LogP contribution in [0.3, 0.4) is 0 Å². The zero-order chi connectivity index (χ0) is 19.2. The normalized spacial score (nSPS) is 24.0. The van der Waals surface area contributed by atoms with Crippen LogP contribution < -0.4 is 5.32 Å². The maximum absolute atomic E-state index is 11.6. The van der Waals surface area contributed by atoms with Gasteiger partial charge in [0, 0.05) is 57.1 Å². The number of carbonyl (C=O) groups excluding carboxylic acids is 1. The minimum absolute atomic E-state index is 0. The Morgan fingerprint density at radius 1 is 1.25 bits per heavy atom. The zero-order valence-corrected chi connectivity index (χ0v) is 20.4. The van der Waals surface area contributed by atoms with Crippen molar-refractivity contribution >= 4 is 47.2 Å². The molecule has 0 saturated carbocycles. The number of piperidine rings is 1. The van der Waals surface area contributed by atoms with Crippen LogP contribution in [0.15, 0.2) is 22.5 Å². The Balaban J connectivity index is 0.00000280. The SMILES string of the molecule is CCNC(=NCC1CCCN(C)C1c1cccs1)N1CCN(C(C)=O)CC1.I. The molecule has 6 nitrogen and oxygen atoms in total. The Labute approximate surface area is 190 Å². The third-order valence-electron chi connectivity index (χ3n) is 5.68. The van der Waals surface area contributed by atoms with E-state index in [-0.39, 0.29) is 29.9 Å². The van der Waals surface area contributed by atoms with Crippen molar-refractivity contribution in [1.29, 1.82) is 0 Å². The average molecular weight is 519 g/mol. The summed E-state index contributed by atoms with van der Waals surface area (Å²) in [7, 11) is 2.24. The van der Waals surface area contributed by atoms with Crippen LogP contribution in [0.1, 0.15) is 37.6 Å². The third-order valence-corrected chi connectivity index (χ3v) is 6.62. The van der Waals surface area contributed by atoms with Crippen molar-refractivity contribution in [3.63, 3.8) is 0 Å². The third kappa shape index (κ3) is 5.82. The van der Waals surface area contributed by atoms with Crippen LogP contribution in [-0.4, -0.2) is 79.4 Å². The molecule has 0 bridgehead atoms. The number of piperazine rings is 1. The molecule has 3 rings (SSSR count). The second kappa shape index (κ2) is 11.3. The molecule has 2 atom stereocenters. The van der Waals surface area contributed by atoms with E-state index in [1.807, 2.05) is 16.2 Å². The summed E-state index contributed by atoms with van der Waals surface area (Å²) in [6.07, 6.45) is 2.47. The number of hydrogen-bond acceptors (Lipinski definition) is 4. The summed E-state index contributed by atoms with van der Waals surface area (Å²) in [4.78, 5) is 24.8. The minimum Gasteiger partial charge on any atom is -0.357 e. The summed E-state index contributed by atoms with van der Waals surface area (Å²) in [6.45, 7) is 9.91. The highest BCUT2D eigenvalue weighted by Crippen LogP contribution is 2.37. The molecule has 0 aliphatic carbocycles. The largest absolute Gasteiger partial charge is 0.357 e. The fourth-order valence-corrected chi connectivity index (χ4v) is 5.21. The number of rotatable bonds is 4. The number of thiophene rings is 1. The summed E-state index contributed by atoms with van der Waals surface area (Å²) in [6, 6.07) is 4.89. The summed E-state index contributed by atoms with van der Waals surface area (Å²) in [5.41, 5.74) is 0. The number of likely N-dealkylation sites (tertiary alicyclic amines) is 1. The number of nitrogens with one attached hydrogen (secondary N) is 1. The van der Waals surface area contributed by atoms with Gasteiger partial charge in [-0.15, -0.1) is 35.3 Å². The van der Waals surface area contributed by atoms with E-state index in [1.54, 1.807) is 6.92 Å². The van der Waals surface area contributed by atoms with E-state index in [1.165, 1.54) is 17.7 Å². The molecule has 1 aromatic heterocycles. The molecule has 158 valence electrons. The van der Waals surface area contributed by atoms with Crippen molar-refractivity contribution in [3.8, 4) is 0 Å². The van der Waals surface area contributed by atoms with Gasteiger partial charge in [0.1, 0.15) is 0 Å². The molecule has 2 fully saturated rings. The lowest BCUT2D eigenvalue weighted by molar-refractivity contribution is -0.130. The van der Waals surface area contributed by atoms with Crippen molar-refractivity contribution in [3.05, 3.63) is 22.4 Å². The number of carbonyl (C=O) groups is 1. The number of guanidine groups is 1. The standard InChI is InChI=1S/C20H33N5OS.HI/c1-4-21-20(25-12-10-24(11-13-25)16(2)26)22-15-17-7-5-9-23(3)19(17)18-8-6-14-27-18;/h6,8,14,17,19H,4-5,7,9-13,15H2,1-3H3,(H,21,22);1H. The van der Waals surface area contributed by atoms with E-state index < -0.39 is 0 Å². The van der Waals surface area contributed by atoms with Crippen LogP contribution in [-0.2, 0) is 4.79 Å². The highest BCUT2D eigenvalue weighted by molar-refractivity contribution is 14.0. The van der Waals surface area contributed by atoms with Crippen molar-refractivity contribution < 1.29 is 4.79 Å². The zero-order valence-electron chi connectivity index (χ0n) is 17.3. The molecular weight excluding hydrogens is 485 g/mol. The van der Waals surface area contributed by atoms with Gasteiger partial charge in [0.25, 0.3) is 0 Å². The van der Waals surface area contributed by atoms with Crippen LogP contribution in [0.4, 0.5) is 0 Å². The topological polar surface area (TPSA) is 51.2 Å². The maximum atomic E-state index is 11.6. The van der Waals surface area contributed by atoms with Gasteiger partial charge >= 0.3 is 0 Å². The second-order valence-corrected chi connectivity index (χ2v) is 8.51. The van der Waals surface area contributed by atoms with E-state index in [9.17, 15) is 4.79 Å². The summed E-state index contributed by atoms with van der Waals surface area (Å²) >= 11 is 1.86. The average Bonchev–Trinajstić information content (AvgIpc) is 3.19. The van der Waals surface area contributed by atoms with Crippen LogP contribution in [0.25, 0.3) is 0 Å². The van der Waals surface area contributed by atoms with Crippen LogP contribution in [0.5, 0.6) is 0 Å². The van der Waals surface area contributed by atoms with E-state index >= 15 is 0 Å². The Kier molecular flexibility index (Phi) is 9.49. The van der Waals surface area contributed by atoms with Gasteiger partial charge < -0.3 is 15.1 Å². The van der Waals surface area contributed by atoms with Crippen LogP contribution in [0, 0.1) is 5.92 Å². The molecule has 2 aliphatic heterocycles. The monoisotopic (exact) mass is 519 g/mol. The molecule has 2 unspecified atom stereocenters. The molecule has 0 spiro atoms. The molecule has 0 aromatic carbocycles. The van der Waals surface area contributed by atoms with Crippen molar-refractivity contribution in [2.24, 2.45) is 10.9 Å². The predicted octanol–water partition coefficient (Wildman–Crippen LogP) is 2.88. The van der Waals surface area contributed by atoms with E-state index in [0.717, 1.165) is 51.8 Å². The number of amides is 1. The van der Waals surface area contributed by atoms with Crippen LogP contribution >= 0.6 is 35.3 Å². The van der Waals surface area contributed by atoms with Gasteiger partial charge in [-0.05, 0) is 50.7 Å². The van der Waals surface area contributed by atoms with E-state index in [0.29, 0.717) is 12.0 Å². The molecule has 1 aromatic rings. The molecule has 2 aliphatic rings. The Hall–Kier alpha value is -0.870. The number of nitrogens with zero attached hydrogens (tertiary/aromatic N) is 4. The predicted molar refractivity (Wildman–Crippen MR) is 128 cm³/mol. The Bertz CT molecular complexity index is 631. The first-order chi connectivity index (χ1) is 13.1. The summed E-state index contributed by atoms with van der Waals surface area (Å²) < 4.78 is 0. The molecule has 28 heavy (non-hydrogen) atoms. The summed E-state index contributed by atoms with van der Waals surface area (Å²) in [5.74, 6) is 1.72. The molecule has 1 N–H and O–H groups in total. The van der Waals surface area contributed by atoms with Gasteiger partial charge in [0.2, 0.25) is 5.91 Å². The Morgan fingerprint density at radius 2 is 1.96 bits per heavy atom. The van der Waals surface area contributed by atoms with Gasteiger partial charge in [-0.2, -0.15) is 0 Å². The highest BCUT2D eigenvalue weighted by Gasteiger charge is 2.31. The lowest BCUT2D eigenvalue weighted by atomic mass is 9.88. The summed E-state index contributed by atoms with van der Waals surface area (Å²) in [5, 5.41) is 5.64. The fourth-order valence-electron chi connectivity index (χ4n) is 4.22. The van der Waals surface area contributed by atoms with E-state index in [4.69, 9.17) is 4.99 Å². The Morgan fingerprint density at radius 3 is 2.57 bits per heavy atom.